The third-order valence-electron chi connectivity index (χ3n) is 5.30. The van der Waals surface area contributed by atoms with Crippen molar-refractivity contribution in [2.24, 2.45) is 0 Å². The van der Waals surface area contributed by atoms with Gasteiger partial charge in [0.05, 0.1) is 37.6 Å². The summed E-state index contributed by atoms with van der Waals surface area (Å²) in [6, 6.07) is 5.79. The Hall–Kier alpha value is -4.33. The first-order valence-corrected chi connectivity index (χ1v) is 10.9. The summed E-state index contributed by atoms with van der Waals surface area (Å²) in [6.07, 6.45) is -3.50. The number of hydrogen-bond donors (Lipinski definition) is 2. The number of alkyl halides is 3. The highest BCUT2D eigenvalue weighted by Gasteiger charge is 2.34. The summed E-state index contributed by atoms with van der Waals surface area (Å²) in [7, 11) is 2.88. The van der Waals surface area contributed by atoms with Gasteiger partial charge in [-0.15, -0.1) is 10.2 Å². The van der Waals surface area contributed by atoms with Crippen LogP contribution in [-0.2, 0) is 24.1 Å². The predicted molar refractivity (Wildman–Crippen MR) is 122 cm³/mol. The maximum atomic E-state index is 13.0. The molecular formula is C23H22F3N5O6. The lowest BCUT2D eigenvalue weighted by atomic mass is 9.98. The van der Waals surface area contributed by atoms with Gasteiger partial charge in [-0.1, -0.05) is 6.07 Å². The van der Waals surface area contributed by atoms with E-state index >= 15 is 0 Å². The van der Waals surface area contributed by atoms with Crippen molar-refractivity contribution in [1.29, 1.82) is 0 Å². The molecular weight excluding hydrogens is 499 g/mol. The van der Waals surface area contributed by atoms with Crippen molar-refractivity contribution in [3.63, 3.8) is 0 Å². The number of rotatable bonds is 9. The minimum atomic E-state index is -4.61. The smallest absolute Gasteiger partial charge is 0.435 e. The molecule has 11 nitrogen and oxygen atoms in total. The fourth-order valence-corrected chi connectivity index (χ4v) is 3.67. The summed E-state index contributed by atoms with van der Waals surface area (Å²) < 4.78 is 61.4. The van der Waals surface area contributed by atoms with Gasteiger partial charge in [0.15, 0.2) is 5.69 Å². The van der Waals surface area contributed by atoms with Crippen LogP contribution >= 0.6 is 0 Å². The lowest BCUT2D eigenvalue weighted by Gasteiger charge is -2.18. The Kier molecular flexibility index (Phi) is 7.20. The summed E-state index contributed by atoms with van der Waals surface area (Å²) in [5.74, 6) is -0.308. The highest BCUT2D eigenvalue weighted by atomic mass is 19.4. The van der Waals surface area contributed by atoms with Gasteiger partial charge in [0.2, 0.25) is 5.89 Å². The number of H-pyrrole nitrogens is 1. The molecule has 0 saturated carbocycles. The Bertz CT molecular complexity index is 1440. The van der Waals surface area contributed by atoms with Gasteiger partial charge in [-0.05, 0) is 25.1 Å². The van der Waals surface area contributed by atoms with Crippen LogP contribution in [0, 0.1) is 0 Å². The second kappa shape index (κ2) is 10.3. The number of methoxy groups -OCH3 is 2. The van der Waals surface area contributed by atoms with Crippen LogP contribution in [0.1, 0.15) is 24.2 Å². The molecule has 0 saturated heterocycles. The number of halogens is 3. The number of aromatic hydroxyl groups is 1. The molecule has 0 aliphatic heterocycles. The van der Waals surface area contributed by atoms with E-state index in [1.807, 2.05) is 0 Å². The van der Waals surface area contributed by atoms with E-state index in [4.69, 9.17) is 18.6 Å². The summed E-state index contributed by atoms with van der Waals surface area (Å²) >= 11 is 0. The van der Waals surface area contributed by atoms with Crippen molar-refractivity contribution in [2.75, 3.05) is 20.8 Å². The van der Waals surface area contributed by atoms with Crippen LogP contribution < -0.4 is 15.0 Å². The van der Waals surface area contributed by atoms with Crippen molar-refractivity contribution in [3.8, 4) is 39.8 Å². The second-order valence-electron chi connectivity index (χ2n) is 7.60. The fraction of sp³-hybridized carbons (Fsp3) is 0.304. The summed E-state index contributed by atoms with van der Waals surface area (Å²) in [6.45, 7) is 1.76. The first-order valence-electron chi connectivity index (χ1n) is 10.9. The molecule has 4 rings (SSSR count). The van der Waals surface area contributed by atoms with Crippen molar-refractivity contribution < 1.29 is 36.9 Å². The number of aromatic amines is 1. The lowest BCUT2D eigenvalue weighted by molar-refractivity contribution is -0.141. The van der Waals surface area contributed by atoms with E-state index in [0.29, 0.717) is 23.7 Å². The Balaban J connectivity index is 1.81. The average molecular weight is 521 g/mol. The predicted octanol–water partition coefficient (Wildman–Crippen LogP) is 3.61. The first-order chi connectivity index (χ1) is 17.7. The number of ether oxygens (including phenoxy) is 3. The lowest BCUT2D eigenvalue weighted by Crippen LogP contribution is -2.15. The van der Waals surface area contributed by atoms with E-state index in [0.717, 1.165) is 16.9 Å². The van der Waals surface area contributed by atoms with E-state index in [2.05, 4.69) is 20.3 Å². The van der Waals surface area contributed by atoms with Crippen LogP contribution in [0.3, 0.4) is 0 Å². The largest absolute Gasteiger partial charge is 0.506 e. The molecule has 37 heavy (non-hydrogen) atoms. The van der Waals surface area contributed by atoms with Gasteiger partial charge in [0.25, 0.3) is 11.4 Å². The Morgan fingerprint density at radius 2 is 1.78 bits per heavy atom. The van der Waals surface area contributed by atoms with Gasteiger partial charge >= 0.3 is 6.18 Å². The zero-order valence-corrected chi connectivity index (χ0v) is 19.9. The Labute approximate surface area is 207 Å². The molecule has 0 spiro atoms. The first kappa shape index (κ1) is 25.8. The molecule has 0 fully saturated rings. The highest BCUT2D eigenvalue weighted by Crippen LogP contribution is 2.46. The number of nitrogens with zero attached hydrogens (tertiary/aromatic N) is 4. The molecule has 2 N–H and O–H groups in total. The zero-order chi connectivity index (χ0) is 26.7. The van der Waals surface area contributed by atoms with Crippen LogP contribution in [0.4, 0.5) is 13.2 Å². The van der Waals surface area contributed by atoms with Crippen LogP contribution in [0.5, 0.6) is 17.2 Å². The van der Waals surface area contributed by atoms with Crippen molar-refractivity contribution in [2.45, 2.75) is 26.3 Å². The molecule has 4 aromatic rings. The molecule has 0 aliphatic rings. The molecule has 1 aromatic carbocycles. The topological polar surface area (TPSA) is 138 Å². The van der Waals surface area contributed by atoms with E-state index < -0.39 is 23.2 Å². The quantitative estimate of drug-likeness (QED) is 0.338. The van der Waals surface area contributed by atoms with Gasteiger partial charge in [0, 0.05) is 12.8 Å². The average Bonchev–Trinajstić information content (AvgIpc) is 3.52. The van der Waals surface area contributed by atoms with Gasteiger partial charge in [0.1, 0.15) is 29.4 Å². The standard InChI is InChI=1S/C23H22F3N5O6/c1-4-36-11-12-17(18-13(34-2)6-5-7-14(18)35-3)20(32)19(21(33)27-12)22-29-28-16(37-22)10-31-9-8-15(30-31)23(24,25)26/h5-9H,4,10-11H2,1-3H3,(H2,27,32,33). The Morgan fingerprint density at radius 3 is 2.38 bits per heavy atom. The van der Waals surface area contributed by atoms with Crippen LogP contribution in [0.25, 0.3) is 22.6 Å². The van der Waals surface area contributed by atoms with Gasteiger partial charge in [-0.25, -0.2) is 0 Å². The maximum absolute atomic E-state index is 13.0. The van der Waals surface area contributed by atoms with Crippen molar-refractivity contribution in [3.05, 3.63) is 58.1 Å². The summed E-state index contributed by atoms with van der Waals surface area (Å²) in [4.78, 5) is 15.7. The minimum Gasteiger partial charge on any atom is -0.506 e. The number of benzene rings is 1. The van der Waals surface area contributed by atoms with Crippen LogP contribution in [0.15, 0.2) is 39.7 Å². The molecule has 0 amide bonds. The van der Waals surface area contributed by atoms with E-state index in [1.165, 1.54) is 14.2 Å². The third-order valence-corrected chi connectivity index (χ3v) is 5.30. The molecule has 14 heteroatoms. The minimum absolute atomic E-state index is 0.0496. The van der Waals surface area contributed by atoms with E-state index in [-0.39, 0.29) is 41.8 Å². The number of hydrogen-bond acceptors (Lipinski definition) is 9. The number of pyridine rings is 1. The molecule has 0 unspecified atom stereocenters. The van der Waals surface area contributed by atoms with Crippen LogP contribution in [0.2, 0.25) is 0 Å². The highest BCUT2D eigenvalue weighted by molar-refractivity contribution is 5.86. The second-order valence-corrected chi connectivity index (χ2v) is 7.60. The SMILES string of the molecule is CCOCc1[nH]c(=O)c(-c2nnc(Cn3ccc(C(F)(F)F)n3)o2)c(O)c1-c1c(OC)cccc1OC. The Morgan fingerprint density at radius 1 is 1.08 bits per heavy atom. The van der Waals surface area contributed by atoms with Gasteiger partial charge in [-0.3, -0.25) is 9.48 Å². The van der Waals surface area contributed by atoms with Crippen LogP contribution in [-0.4, -0.2) is 50.9 Å². The molecule has 0 atom stereocenters. The number of aromatic nitrogens is 5. The molecule has 3 aromatic heterocycles. The molecule has 0 aliphatic carbocycles. The maximum Gasteiger partial charge on any atom is 0.435 e. The summed E-state index contributed by atoms with van der Waals surface area (Å²) in [5, 5.41) is 22.4. The third kappa shape index (κ3) is 5.14. The molecule has 196 valence electrons. The molecule has 3 heterocycles. The van der Waals surface area contributed by atoms with E-state index in [1.54, 1.807) is 25.1 Å². The molecule has 0 radical (unpaired) electrons. The monoisotopic (exact) mass is 521 g/mol. The zero-order valence-electron chi connectivity index (χ0n) is 19.9. The van der Waals surface area contributed by atoms with E-state index in [9.17, 15) is 23.1 Å². The normalized spacial score (nSPS) is 11.6. The van der Waals surface area contributed by atoms with Gasteiger partial charge in [-0.2, -0.15) is 18.3 Å². The number of nitrogens with one attached hydrogen (secondary N) is 1. The van der Waals surface area contributed by atoms with Gasteiger partial charge < -0.3 is 28.7 Å². The fourth-order valence-electron chi connectivity index (χ4n) is 3.67. The summed E-state index contributed by atoms with van der Waals surface area (Å²) in [5.41, 5.74) is -1.45. The van der Waals surface area contributed by atoms with Crippen molar-refractivity contribution >= 4 is 0 Å². The molecule has 0 bridgehead atoms. The van der Waals surface area contributed by atoms with Crippen molar-refractivity contribution in [1.82, 2.24) is 25.0 Å².